The first-order valence-electron chi connectivity index (χ1n) is 11.0. The van der Waals surface area contributed by atoms with Gasteiger partial charge in [-0.15, -0.1) is 0 Å². The summed E-state index contributed by atoms with van der Waals surface area (Å²) < 4.78 is 2.15. The Kier molecular flexibility index (Phi) is 4.98. The van der Waals surface area contributed by atoms with Crippen LogP contribution in [-0.4, -0.2) is 20.0 Å². The number of nitrogens with zero attached hydrogens (tertiary/aromatic N) is 3. The fourth-order valence-electron chi connectivity index (χ4n) is 4.77. The van der Waals surface area contributed by atoms with E-state index in [1.54, 1.807) is 0 Å². The third-order valence-electron chi connectivity index (χ3n) is 6.34. The minimum atomic E-state index is 0.198. The average Bonchev–Trinajstić information content (AvgIpc) is 3.39. The molecular formula is C26H29N5. The molecule has 5 heteroatoms. The first-order chi connectivity index (χ1) is 15.0. The lowest BCUT2D eigenvalue weighted by molar-refractivity contribution is 0.253. The van der Waals surface area contributed by atoms with Crippen LogP contribution in [0.1, 0.15) is 48.7 Å². The van der Waals surface area contributed by atoms with Gasteiger partial charge in [0.1, 0.15) is 0 Å². The Morgan fingerprint density at radius 1 is 1.06 bits per heavy atom. The van der Waals surface area contributed by atoms with Gasteiger partial charge in [0.2, 0.25) is 0 Å². The highest BCUT2D eigenvalue weighted by atomic mass is 15.3. The van der Waals surface area contributed by atoms with E-state index in [4.69, 9.17) is 5.10 Å². The molecule has 1 unspecified atom stereocenters. The molecule has 1 atom stereocenters. The van der Waals surface area contributed by atoms with Crippen LogP contribution in [-0.2, 0) is 13.0 Å². The molecule has 0 fully saturated rings. The van der Waals surface area contributed by atoms with Crippen LogP contribution in [0.5, 0.6) is 0 Å². The molecule has 31 heavy (non-hydrogen) atoms. The molecule has 1 aliphatic carbocycles. The van der Waals surface area contributed by atoms with Gasteiger partial charge >= 0.3 is 0 Å². The summed E-state index contributed by atoms with van der Waals surface area (Å²) in [7, 11) is 0. The van der Waals surface area contributed by atoms with Gasteiger partial charge in [-0.05, 0) is 42.4 Å². The molecule has 1 aliphatic rings. The number of nitrogens with one attached hydrogen (secondary N) is 2. The quantitative estimate of drug-likeness (QED) is 0.464. The van der Waals surface area contributed by atoms with Crippen molar-refractivity contribution >= 4 is 0 Å². The number of hydrogen-bond acceptors (Lipinski definition) is 3. The highest BCUT2D eigenvalue weighted by Gasteiger charge is 2.35. The molecule has 5 rings (SSSR count). The lowest BCUT2D eigenvalue weighted by Crippen LogP contribution is -2.33. The Bertz CT molecular complexity index is 1190. The van der Waals surface area contributed by atoms with Gasteiger partial charge in [-0.2, -0.15) is 10.2 Å². The van der Waals surface area contributed by atoms with Gasteiger partial charge in [0.05, 0.1) is 23.8 Å². The second-order valence-corrected chi connectivity index (χ2v) is 9.36. The van der Waals surface area contributed by atoms with E-state index in [2.05, 4.69) is 95.7 Å². The molecular weight excluding hydrogens is 382 g/mol. The number of aryl methyl sites for hydroxylation is 1. The number of hydrogen-bond donors (Lipinski definition) is 2. The van der Waals surface area contributed by atoms with Gasteiger partial charge in [-0.25, -0.2) is 4.68 Å². The summed E-state index contributed by atoms with van der Waals surface area (Å²) in [6.45, 7) is 7.62. The Morgan fingerprint density at radius 2 is 1.84 bits per heavy atom. The van der Waals surface area contributed by atoms with Gasteiger partial charge in [0, 0.05) is 29.4 Å². The molecule has 0 spiro atoms. The number of aromatic nitrogens is 4. The van der Waals surface area contributed by atoms with E-state index in [9.17, 15) is 0 Å². The van der Waals surface area contributed by atoms with Crippen LogP contribution in [0.25, 0.3) is 16.9 Å². The summed E-state index contributed by atoms with van der Waals surface area (Å²) >= 11 is 0. The molecule has 4 aromatic rings. The Balaban J connectivity index is 1.44. The SMILES string of the molecule is Cc1ccccc1-n1ncc2c1CC(C)(C)CC2NCc1cn[nH]c1-c1ccccc1. The minimum Gasteiger partial charge on any atom is -0.306 e. The summed E-state index contributed by atoms with van der Waals surface area (Å²) in [4.78, 5) is 0. The van der Waals surface area contributed by atoms with Crippen molar-refractivity contribution in [2.75, 3.05) is 0 Å². The highest BCUT2D eigenvalue weighted by Crippen LogP contribution is 2.41. The zero-order valence-electron chi connectivity index (χ0n) is 18.4. The maximum Gasteiger partial charge on any atom is 0.0695 e. The lowest BCUT2D eigenvalue weighted by Gasteiger charge is -2.36. The second-order valence-electron chi connectivity index (χ2n) is 9.36. The molecule has 0 amide bonds. The third kappa shape index (κ3) is 3.81. The van der Waals surface area contributed by atoms with Crippen molar-refractivity contribution in [3.63, 3.8) is 0 Å². The largest absolute Gasteiger partial charge is 0.306 e. The van der Waals surface area contributed by atoms with Gasteiger partial charge in [0.15, 0.2) is 0 Å². The molecule has 158 valence electrons. The van der Waals surface area contributed by atoms with Crippen LogP contribution in [0.2, 0.25) is 0 Å². The number of rotatable bonds is 5. The monoisotopic (exact) mass is 411 g/mol. The summed E-state index contributed by atoms with van der Waals surface area (Å²) in [6.07, 6.45) is 6.09. The van der Waals surface area contributed by atoms with Gasteiger partial charge < -0.3 is 5.32 Å². The molecule has 2 aromatic carbocycles. The topological polar surface area (TPSA) is 58.5 Å². The molecule has 2 aromatic heterocycles. The van der Waals surface area contributed by atoms with Crippen molar-refractivity contribution in [3.05, 3.63) is 89.4 Å². The molecule has 2 heterocycles. The van der Waals surface area contributed by atoms with Crippen LogP contribution in [0.3, 0.4) is 0 Å². The van der Waals surface area contributed by atoms with Crippen molar-refractivity contribution < 1.29 is 0 Å². The normalized spacial score (nSPS) is 17.5. The van der Waals surface area contributed by atoms with Gasteiger partial charge in [-0.1, -0.05) is 62.4 Å². The summed E-state index contributed by atoms with van der Waals surface area (Å²) in [5, 5.41) is 16.1. The van der Waals surface area contributed by atoms with Crippen molar-refractivity contribution in [1.82, 2.24) is 25.3 Å². The molecule has 0 saturated carbocycles. The second kappa shape index (κ2) is 7.82. The maximum absolute atomic E-state index is 4.81. The van der Waals surface area contributed by atoms with E-state index in [0.29, 0.717) is 0 Å². The van der Waals surface area contributed by atoms with Crippen LogP contribution >= 0.6 is 0 Å². The predicted octanol–water partition coefficient (Wildman–Crippen LogP) is 5.37. The average molecular weight is 412 g/mol. The number of benzene rings is 2. The van der Waals surface area contributed by atoms with Crippen LogP contribution in [0, 0.1) is 12.3 Å². The first-order valence-corrected chi connectivity index (χ1v) is 11.0. The van der Waals surface area contributed by atoms with Crippen molar-refractivity contribution in [1.29, 1.82) is 0 Å². The van der Waals surface area contributed by atoms with Crippen LogP contribution in [0.4, 0.5) is 0 Å². The fourth-order valence-corrected chi connectivity index (χ4v) is 4.77. The molecule has 0 saturated heterocycles. The Hall–Kier alpha value is -3.18. The molecule has 5 nitrogen and oxygen atoms in total. The van der Waals surface area contributed by atoms with E-state index in [1.807, 2.05) is 12.3 Å². The molecule has 0 radical (unpaired) electrons. The van der Waals surface area contributed by atoms with Crippen molar-refractivity contribution in [2.24, 2.45) is 5.41 Å². The zero-order chi connectivity index (χ0) is 21.4. The van der Waals surface area contributed by atoms with E-state index >= 15 is 0 Å². The summed E-state index contributed by atoms with van der Waals surface area (Å²) in [6, 6.07) is 19.1. The maximum atomic E-state index is 4.81. The fraction of sp³-hybridized carbons (Fsp3) is 0.308. The third-order valence-corrected chi connectivity index (χ3v) is 6.34. The zero-order valence-corrected chi connectivity index (χ0v) is 18.4. The first kappa shape index (κ1) is 19.8. The van der Waals surface area contributed by atoms with E-state index in [-0.39, 0.29) is 11.5 Å². The van der Waals surface area contributed by atoms with Crippen molar-refractivity contribution in [3.8, 4) is 16.9 Å². The smallest absolute Gasteiger partial charge is 0.0695 e. The van der Waals surface area contributed by atoms with E-state index in [1.165, 1.54) is 28.1 Å². The van der Waals surface area contributed by atoms with Gasteiger partial charge in [0.25, 0.3) is 0 Å². The lowest BCUT2D eigenvalue weighted by atomic mass is 9.74. The summed E-state index contributed by atoms with van der Waals surface area (Å²) in [5.41, 5.74) is 8.67. The Labute approximate surface area is 183 Å². The molecule has 0 aliphatic heterocycles. The minimum absolute atomic E-state index is 0.198. The summed E-state index contributed by atoms with van der Waals surface area (Å²) in [5.74, 6) is 0. The standard InChI is InChI=1S/C26H29N5/c1-18-9-7-8-12-23(18)31-24-14-26(2,3)13-22(21(24)17-29-31)27-15-20-16-28-30-25(20)19-10-5-4-6-11-19/h4-12,16-17,22,27H,13-15H2,1-3H3,(H,28,30). The molecule has 2 N–H and O–H groups in total. The van der Waals surface area contributed by atoms with Crippen molar-refractivity contribution in [2.45, 2.75) is 46.2 Å². The molecule has 0 bridgehead atoms. The number of aromatic amines is 1. The van der Waals surface area contributed by atoms with Gasteiger partial charge in [-0.3, -0.25) is 5.10 Å². The van der Waals surface area contributed by atoms with Crippen LogP contribution in [0.15, 0.2) is 67.0 Å². The van der Waals surface area contributed by atoms with E-state index in [0.717, 1.165) is 30.6 Å². The number of fused-ring (bicyclic) bond motifs is 1. The van der Waals surface area contributed by atoms with E-state index < -0.39 is 0 Å². The highest BCUT2D eigenvalue weighted by molar-refractivity contribution is 5.62. The predicted molar refractivity (Wildman–Crippen MR) is 124 cm³/mol. The number of para-hydroxylation sites is 1. The Morgan fingerprint density at radius 3 is 2.65 bits per heavy atom. The van der Waals surface area contributed by atoms with Crippen LogP contribution < -0.4 is 5.32 Å². The number of H-pyrrole nitrogens is 1.